The van der Waals surface area contributed by atoms with E-state index in [9.17, 15) is 0 Å². The molecule has 0 aliphatic carbocycles. The highest BCUT2D eigenvalue weighted by molar-refractivity contribution is 5.42. The molecule has 0 saturated carbocycles. The molecule has 1 rings (SSSR count). The van der Waals surface area contributed by atoms with Crippen molar-refractivity contribution in [1.29, 1.82) is 0 Å². The highest BCUT2D eigenvalue weighted by Gasteiger charge is 1.96. The van der Waals surface area contributed by atoms with Gasteiger partial charge in [-0.15, -0.1) is 0 Å². The van der Waals surface area contributed by atoms with Crippen molar-refractivity contribution < 1.29 is 14.3 Å². The Morgan fingerprint density at radius 3 is 3.08 bits per heavy atom. The molecule has 0 unspecified atom stereocenters. The molecule has 66 valence electrons. The summed E-state index contributed by atoms with van der Waals surface area (Å²) in [5.41, 5.74) is 0. The number of hydrogen-bond donors (Lipinski definition) is 1. The van der Waals surface area contributed by atoms with Gasteiger partial charge in [0, 0.05) is 7.11 Å². The lowest BCUT2D eigenvalue weighted by Gasteiger charge is -1.91. The van der Waals surface area contributed by atoms with Crippen molar-refractivity contribution >= 4 is 6.08 Å². The van der Waals surface area contributed by atoms with Crippen LogP contribution in [0, 0.1) is 0 Å². The summed E-state index contributed by atoms with van der Waals surface area (Å²) >= 11 is 0. The van der Waals surface area contributed by atoms with Gasteiger partial charge in [0.05, 0.1) is 6.61 Å². The fraction of sp³-hybridized carbons (Fsp3) is 0.333. The molecule has 0 bridgehead atoms. The van der Waals surface area contributed by atoms with E-state index < -0.39 is 0 Å². The van der Waals surface area contributed by atoms with Crippen LogP contribution in [0.25, 0.3) is 6.08 Å². The highest BCUT2D eigenvalue weighted by Crippen LogP contribution is 2.09. The van der Waals surface area contributed by atoms with E-state index in [1.807, 2.05) is 12.1 Å². The van der Waals surface area contributed by atoms with Crippen LogP contribution in [0.3, 0.4) is 0 Å². The SMILES string of the molecule is COCc1ccc(/C=C/CO)o1. The topological polar surface area (TPSA) is 42.6 Å². The molecule has 1 heterocycles. The Labute approximate surface area is 71.3 Å². The number of aliphatic hydroxyl groups is 1. The van der Waals surface area contributed by atoms with Gasteiger partial charge in [0.2, 0.25) is 0 Å². The number of aliphatic hydroxyl groups excluding tert-OH is 1. The first-order chi connectivity index (χ1) is 5.86. The Kier molecular flexibility index (Phi) is 3.57. The van der Waals surface area contributed by atoms with Crippen molar-refractivity contribution in [2.24, 2.45) is 0 Å². The van der Waals surface area contributed by atoms with E-state index in [2.05, 4.69) is 0 Å². The molecule has 0 saturated heterocycles. The van der Waals surface area contributed by atoms with Gasteiger partial charge in [-0.1, -0.05) is 6.08 Å². The lowest BCUT2D eigenvalue weighted by Crippen LogP contribution is -1.81. The average Bonchev–Trinajstić information content (AvgIpc) is 2.50. The van der Waals surface area contributed by atoms with Gasteiger partial charge in [0.25, 0.3) is 0 Å². The van der Waals surface area contributed by atoms with Gasteiger partial charge >= 0.3 is 0 Å². The van der Waals surface area contributed by atoms with Crippen LogP contribution in [0.15, 0.2) is 22.6 Å². The quantitative estimate of drug-likeness (QED) is 0.739. The van der Waals surface area contributed by atoms with Gasteiger partial charge < -0.3 is 14.3 Å². The Bertz CT molecular complexity index is 250. The fourth-order valence-corrected chi connectivity index (χ4v) is 0.873. The van der Waals surface area contributed by atoms with Crippen LogP contribution in [0.4, 0.5) is 0 Å². The van der Waals surface area contributed by atoms with E-state index in [1.54, 1.807) is 19.3 Å². The van der Waals surface area contributed by atoms with Crippen molar-refractivity contribution in [3.63, 3.8) is 0 Å². The third-order valence-corrected chi connectivity index (χ3v) is 1.36. The summed E-state index contributed by atoms with van der Waals surface area (Å²) in [7, 11) is 1.62. The molecule has 0 aliphatic heterocycles. The zero-order chi connectivity index (χ0) is 8.81. The molecule has 0 radical (unpaired) electrons. The third kappa shape index (κ3) is 2.53. The zero-order valence-electron chi connectivity index (χ0n) is 6.99. The van der Waals surface area contributed by atoms with Crippen molar-refractivity contribution in [2.75, 3.05) is 13.7 Å². The Morgan fingerprint density at radius 2 is 2.42 bits per heavy atom. The molecule has 0 spiro atoms. The molecule has 3 nitrogen and oxygen atoms in total. The summed E-state index contributed by atoms with van der Waals surface area (Å²) in [6.45, 7) is 0.507. The van der Waals surface area contributed by atoms with Gasteiger partial charge in [-0.2, -0.15) is 0 Å². The third-order valence-electron chi connectivity index (χ3n) is 1.36. The summed E-state index contributed by atoms with van der Waals surface area (Å²) in [5.74, 6) is 1.52. The van der Waals surface area contributed by atoms with E-state index in [-0.39, 0.29) is 6.61 Å². The van der Waals surface area contributed by atoms with Crippen LogP contribution in [-0.2, 0) is 11.3 Å². The molecule has 1 N–H and O–H groups in total. The number of furan rings is 1. The van der Waals surface area contributed by atoms with Crippen molar-refractivity contribution in [3.05, 3.63) is 29.7 Å². The molecule has 0 aromatic carbocycles. The first kappa shape index (κ1) is 9.03. The van der Waals surface area contributed by atoms with E-state index in [4.69, 9.17) is 14.3 Å². The minimum Gasteiger partial charge on any atom is -0.459 e. The normalized spacial score (nSPS) is 11.2. The van der Waals surface area contributed by atoms with E-state index in [0.717, 1.165) is 11.5 Å². The van der Waals surface area contributed by atoms with E-state index in [1.165, 1.54) is 0 Å². The number of ether oxygens (including phenoxy) is 1. The van der Waals surface area contributed by atoms with Crippen LogP contribution < -0.4 is 0 Å². The standard InChI is InChI=1S/C9H12O3/c1-11-7-9-5-4-8(12-9)3-2-6-10/h2-5,10H,6-7H2,1H3/b3-2+. The molecule has 0 fully saturated rings. The molecular formula is C9H12O3. The predicted molar refractivity (Wildman–Crippen MR) is 45.5 cm³/mol. The number of hydrogen-bond acceptors (Lipinski definition) is 3. The monoisotopic (exact) mass is 168 g/mol. The first-order valence-corrected chi connectivity index (χ1v) is 3.72. The molecule has 1 aromatic heterocycles. The molecule has 12 heavy (non-hydrogen) atoms. The number of rotatable bonds is 4. The van der Waals surface area contributed by atoms with Crippen LogP contribution in [-0.4, -0.2) is 18.8 Å². The van der Waals surface area contributed by atoms with Crippen LogP contribution in [0.1, 0.15) is 11.5 Å². The van der Waals surface area contributed by atoms with Crippen LogP contribution in [0.2, 0.25) is 0 Å². The molecule has 1 aromatic rings. The molecule has 0 atom stereocenters. The Morgan fingerprint density at radius 1 is 1.58 bits per heavy atom. The smallest absolute Gasteiger partial charge is 0.130 e. The molecular weight excluding hydrogens is 156 g/mol. The van der Waals surface area contributed by atoms with Crippen LogP contribution >= 0.6 is 0 Å². The van der Waals surface area contributed by atoms with E-state index in [0.29, 0.717) is 6.61 Å². The largest absolute Gasteiger partial charge is 0.459 e. The summed E-state index contributed by atoms with van der Waals surface area (Å²) in [4.78, 5) is 0. The maximum atomic E-state index is 8.48. The summed E-state index contributed by atoms with van der Waals surface area (Å²) in [5, 5.41) is 8.48. The van der Waals surface area contributed by atoms with Gasteiger partial charge in [-0.25, -0.2) is 0 Å². The number of methoxy groups -OCH3 is 1. The highest BCUT2D eigenvalue weighted by atomic mass is 16.5. The maximum absolute atomic E-state index is 8.48. The van der Waals surface area contributed by atoms with Gasteiger partial charge in [0.15, 0.2) is 0 Å². The zero-order valence-corrected chi connectivity index (χ0v) is 6.99. The van der Waals surface area contributed by atoms with Gasteiger partial charge in [-0.05, 0) is 18.2 Å². The second-order valence-electron chi connectivity index (χ2n) is 2.32. The minimum absolute atomic E-state index is 0.0281. The lowest BCUT2D eigenvalue weighted by molar-refractivity contribution is 0.164. The van der Waals surface area contributed by atoms with Gasteiger partial charge in [-0.3, -0.25) is 0 Å². The summed E-state index contributed by atoms with van der Waals surface area (Å²) in [6.07, 6.45) is 3.34. The van der Waals surface area contributed by atoms with Crippen molar-refractivity contribution in [1.82, 2.24) is 0 Å². The van der Waals surface area contributed by atoms with Gasteiger partial charge in [0.1, 0.15) is 18.1 Å². The maximum Gasteiger partial charge on any atom is 0.130 e. The molecule has 0 aliphatic rings. The second kappa shape index (κ2) is 4.74. The van der Waals surface area contributed by atoms with Crippen molar-refractivity contribution in [2.45, 2.75) is 6.61 Å². The Balaban J connectivity index is 2.57. The molecule has 3 heteroatoms. The lowest BCUT2D eigenvalue weighted by atomic mass is 10.4. The minimum atomic E-state index is 0.0281. The Hall–Kier alpha value is -1.06. The van der Waals surface area contributed by atoms with Crippen LogP contribution in [0.5, 0.6) is 0 Å². The second-order valence-corrected chi connectivity index (χ2v) is 2.32. The van der Waals surface area contributed by atoms with E-state index >= 15 is 0 Å². The summed E-state index contributed by atoms with van der Waals surface area (Å²) < 4.78 is 10.2. The first-order valence-electron chi connectivity index (χ1n) is 3.72. The summed E-state index contributed by atoms with van der Waals surface area (Å²) in [6, 6.07) is 3.68. The van der Waals surface area contributed by atoms with Crippen molar-refractivity contribution in [3.8, 4) is 0 Å². The average molecular weight is 168 g/mol. The molecule has 0 amide bonds. The fourth-order valence-electron chi connectivity index (χ4n) is 0.873. The predicted octanol–water partition coefficient (Wildman–Crippen LogP) is 1.43.